The Labute approximate surface area is 150 Å². The first-order valence-corrected chi connectivity index (χ1v) is 9.95. The molecule has 1 aromatic heterocycles. The molecule has 4 nitrogen and oxygen atoms in total. The largest absolute Gasteiger partial charge is 0.394 e. The zero-order valence-corrected chi connectivity index (χ0v) is 15.2. The first kappa shape index (κ1) is 17.0. The summed E-state index contributed by atoms with van der Waals surface area (Å²) in [5, 5.41) is 9.89. The van der Waals surface area contributed by atoms with Gasteiger partial charge in [-0.05, 0) is 74.8 Å². The van der Waals surface area contributed by atoms with Crippen LogP contribution in [0.2, 0.25) is 0 Å². The molecule has 1 aromatic rings. The van der Waals surface area contributed by atoms with Crippen LogP contribution in [0.25, 0.3) is 0 Å². The first-order chi connectivity index (χ1) is 12.1. The van der Waals surface area contributed by atoms with Crippen molar-refractivity contribution < 1.29 is 9.90 Å². The number of carbonyl (C=O) groups is 1. The molecule has 0 saturated heterocycles. The molecule has 0 spiro atoms. The Balaban J connectivity index is 1.61. The summed E-state index contributed by atoms with van der Waals surface area (Å²) in [4.78, 5) is 20.1. The second-order valence-electron chi connectivity index (χ2n) is 8.70. The highest BCUT2D eigenvalue weighted by Gasteiger charge is 2.56. The van der Waals surface area contributed by atoms with Crippen molar-refractivity contribution in [3.63, 3.8) is 0 Å². The fourth-order valence-corrected chi connectivity index (χ4v) is 6.16. The van der Waals surface area contributed by atoms with Crippen LogP contribution in [0, 0.1) is 23.2 Å². The van der Waals surface area contributed by atoms with Crippen molar-refractivity contribution in [1.29, 1.82) is 0 Å². The van der Waals surface area contributed by atoms with Gasteiger partial charge in [0, 0.05) is 6.20 Å². The quantitative estimate of drug-likeness (QED) is 0.862. The molecule has 4 saturated carbocycles. The van der Waals surface area contributed by atoms with Gasteiger partial charge in [-0.25, -0.2) is 0 Å². The Morgan fingerprint density at radius 3 is 2.36 bits per heavy atom. The van der Waals surface area contributed by atoms with Crippen LogP contribution in [0.5, 0.6) is 0 Å². The van der Waals surface area contributed by atoms with Crippen molar-refractivity contribution in [2.45, 2.75) is 64.5 Å². The summed E-state index contributed by atoms with van der Waals surface area (Å²) in [6.07, 6.45) is 9.78. The third-order valence-electron chi connectivity index (χ3n) is 6.93. The average molecular weight is 342 g/mol. The van der Waals surface area contributed by atoms with Crippen LogP contribution in [0.4, 0.5) is 0 Å². The summed E-state index contributed by atoms with van der Waals surface area (Å²) in [5.41, 5.74) is 0.749. The van der Waals surface area contributed by atoms with Crippen LogP contribution >= 0.6 is 0 Å². The molecule has 4 heteroatoms. The van der Waals surface area contributed by atoms with E-state index in [0.717, 1.165) is 49.1 Å². The fourth-order valence-electron chi connectivity index (χ4n) is 6.16. The highest BCUT2D eigenvalue weighted by Crippen LogP contribution is 2.60. The third kappa shape index (κ3) is 3.10. The number of amides is 1. The summed E-state index contributed by atoms with van der Waals surface area (Å²) in [7, 11) is 0. The standard InChI is InChI=1S/C21H30N2O2/c1-2-19(14-24)23(13-18-5-3-4-6-22-18)20(25)21-10-15-7-16(11-21)9-17(8-15)12-21/h3-6,15-17,19,24H,2,7-14H2,1H3/t15?,16?,17?,19-,21?/m1/s1. The van der Waals surface area contributed by atoms with Crippen LogP contribution < -0.4 is 0 Å². The average Bonchev–Trinajstić information content (AvgIpc) is 2.61. The maximum atomic E-state index is 13.7. The normalized spacial score (nSPS) is 34.1. The second-order valence-corrected chi connectivity index (χ2v) is 8.70. The third-order valence-corrected chi connectivity index (χ3v) is 6.93. The Morgan fingerprint density at radius 2 is 1.88 bits per heavy atom. The molecular formula is C21H30N2O2. The maximum absolute atomic E-state index is 13.7. The van der Waals surface area contributed by atoms with Crippen molar-refractivity contribution in [2.24, 2.45) is 23.2 Å². The van der Waals surface area contributed by atoms with Crippen molar-refractivity contribution in [2.75, 3.05) is 6.61 Å². The summed E-state index contributed by atoms with van der Waals surface area (Å²) >= 11 is 0. The van der Waals surface area contributed by atoms with Gasteiger partial charge in [-0.2, -0.15) is 0 Å². The van der Waals surface area contributed by atoms with E-state index < -0.39 is 0 Å². The number of nitrogens with zero attached hydrogens (tertiary/aromatic N) is 2. The number of aliphatic hydroxyl groups excluding tert-OH is 1. The molecule has 136 valence electrons. The fraction of sp³-hybridized carbons (Fsp3) is 0.714. The number of pyridine rings is 1. The van der Waals surface area contributed by atoms with Crippen molar-refractivity contribution in [3.8, 4) is 0 Å². The number of rotatable bonds is 6. The molecule has 5 rings (SSSR count). The summed E-state index contributed by atoms with van der Waals surface area (Å²) in [6.45, 7) is 2.60. The van der Waals surface area contributed by atoms with E-state index in [1.807, 2.05) is 23.1 Å². The van der Waals surface area contributed by atoms with Gasteiger partial charge in [-0.15, -0.1) is 0 Å². The van der Waals surface area contributed by atoms with E-state index in [9.17, 15) is 9.90 Å². The zero-order valence-electron chi connectivity index (χ0n) is 15.2. The number of hydrogen-bond donors (Lipinski definition) is 1. The smallest absolute Gasteiger partial charge is 0.229 e. The summed E-state index contributed by atoms with van der Waals surface area (Å²) < 4.78 is 0. The SMILES string of the molecule is CC[C@H](CO)N(Cc1ccccn1)C(=O)C12CC3CC(CC(C3)C1)C2. The Bertz CT molecular complexity index is 576. The van der Waals surface area contributed by atoms with Gasteiger partial charge in [-0.1, -0.05) is 13.0 Å². The van der Waals surface area contributed by atoms with E-state index in [4.69, 9.17) is 0 Å². The van der Waals surface area contributed by atoms with Gasteiger partial charge >= 0.3 is 0 Å². The highest BCUT2D eigenvalue weighted by atomic mass is 16.3. The lowest BCUT2D eigenvalue weighted by molar-refractivity contribution is -0.162. The van der Waals surface area contributed by atoms with Gasteiger partial charge in [0.15, 0.2) is 0 Å². The minimum absolute atomic E-state index is 0.0292. The number of aromatic nitrogens is 1. The lowest BCUT2D eigenvalue weighted by atomic mass is 9.49. The van der Waals surface area contributed by atoms with Crippen LogP contribution in [0.3, 0.4) is 0 Å². The zero-order chi connectivity index (χ0) is 17.4. The van der Waals surface area contributed by atoms with Crippen LogP contribution in [0.15, 0.2) is 24.4 Å². The Kier molecular flexibility index (Phi) is 4.57. The van der Waals surface area contributed by atoms with Gasteiger partial charge in [-0.3, -0.25) is 9.78 Å². The summed E-state index contributed by atoms with van der Waals surface area (Å²) in [6, 6.07) is 5.74. The van der Waals surface area contributed by atoms with E-state index in [-0.39, 0.29) is 24.0 Å². The minimum Gasteiger partial charge on any atom is -0.394 e. The lowest BCUT2D eigenvalue weighted by Crippen LogP contribution is -2.56. The topological polar surface area (TPSA) is 53.4 Å². The number of hydrogen-bond acceptors (Lipinski definition) is 3. The van der Waals surface area contributed by atoms with Crippen LogP contribution in [-0.2, 0) is 11.3 Å². The maximum Gasteiger partial charge on any atom is 0.229 e. The second kappa shape index (κ2) is 6.71. The highest BCUT2D eigenvalue weighted by molar-refractivity contribution is 5.83. The molecule has 4 aliphatic carbocycles. The van der Waals surface area contributed by atoms with Crippen molar-refractivity contribution >= 4 is 5.91 Å². The van der Waals surface area contributed by atoms with E-state index in [1.54, 1.807) is 6.20 Å². The molecule has 1 heterocycles. The molecular weight excluding hydrogens is 312 g/mol. The van der Waals surface area contributed by atoms with Gasteiger partial charge in [0.25, 0.3) is 0 Å². The minimum atomic E-state index is -0.161. The first-order valence-electron chi connectivity index (χ1n) is 9.95. The molecule has 4 aliphatic rings. The van der Waals surface area contributed by atoms with E-state index >= 15 is 0 Å². The van der Waals surface area contributed by atoms with E-state index in [2.05, 4.69) is 11.9 Å². The molecule has 0 aliphatic heterocycles. The predicted octanol–water partition coefficient (Wildman–Crippen LogP) is 3.40. The molecule has 1 amide bonds. The van der Waals surface area contributed by atoms with E-state index in [1.165, 1.54) is 19.3 Å². The monoisotopic (exact) mass is 342 g/mol. The predicted molar refractivity (Wildman–Crippen MR) is 96.6 cm³/mol. The lowest BCUT2D eigenvalue weighted by Gasteiger charge is -2.57. The van der Waals surface area contributed by atoms with Gasteiger partial charge < -0.3 is 10.0 Å². The number of aliphatic hydroxyl groups is 1. The van der Waals surface area contributed by atoms with Crippen molar-refractivity contribution in [1.82, 2.24) is 9.88 Å². The van der Waals surface area contributed by atoms with Crippen LogP contribution in [0.1, 0.15) is 57.6 Å². The van der Waals surface area contributed by atoms with E-state index in [0.29, 0.717) is 6.54 Å². The Hall–Kier alpha value is -1.42. The van der Waals surface area contributed by atoms with Gasteiger partial charge in [0.1, 0.15) is 0 Å². The van der Waals surface area contributed by atoms with Crippen molar-refractivity contribution in [3.05, 3.63) is 30.1 Å². The molecule has 0 aromatic carbocycles. The molecule has 0 radical (unpaired) electrons. The molecule has 1 N–H and O–H groups in total. The molecule has 4 fully saturated rings. The van der Waals surface area contributed by atoms with Gasteiger partial charge in [0.2, 0.25) is 5.91 Å². The molecule has 0 unspecified atom stereocenters. The molecule has 4 bridgehead atoms. The number of carbonyl (C=O) groups excluding carboxylic acids is 1. The molecule has 25 heavy (non-hydrogen) atoms. The Morgan fingerprint density at radius 1 is 1.24 bits per heavy atom. The van der Waals surface area contributed by atoms with Gasteiger partial charge in [0.05, 0.1) is 30.3 Å². The summed E-state index contributed by atoms with van der Waals surface area (Å²) in [5.74, 6) is 2.54. The molecule has 1 atom stereocenters. The van der Waals surface area contributed by atoms with Crippen LogP contribution in [-0.4, -0.2) is 33.5 Å².